The Morgan fingerprint density at radius 3 is 2.56 bits per heavy atom. The van der Waals surface area contributed by atoms with Gasteiger partial charge in [0.2, 0.25) is 0 Å². The summed E-state index contributed by atoms with van der Waals surface area (Å²) in [7, 11) is 0. The fourth-order valence-electron chi connectivity index (χ4n) is 4.62. The Morgan fingerprint density at radius 1 is 1.12 bits per heavy atom. The molecule has 0 N–H and O–H groups in total. The first-order valence-electron chi connectivity index (χ1n) is 9.51. The second-order valence-corrected chi connectivity index (χ2v) is 7.27. The number of amides is 1. The third-order valence-corrected chi connectivity index (χ3v) is 5.87. The normalized spacial score (nSPS) is 21.3. The number of carbonyl (C=O) groups excluding carboxylic acids is 1. The fourth-order valence-corrected chi connectivity index (χ4v) is 4.62. The van der Waals surface area contributed by atoms with Gasteiger partial charge in [-0.15, -0.1) is 0 Å². The summed E-state index contributed by atoms with van der Waals surface area (Å²) in [6.45, 7) is 3.16. The maximum atomic E-state index is 13.4. The van der Waals surface area contributed by atoms with Gasteiger partial charge in [-0.2, -0.15) is 5.10 Å². The van der Waals surface area contributed by atoms with Gasteiger partial charge >= 0.3 is 0 Å². The third kappa shape index (κ3) is 2.75. The zero-order valence-corrected chi connectivity index (χ0v) is 14.8. The molecule has 2 aromatic rings. The summed E-state index contributed by atoms with van der Waals surface area (Å²) in [6.07, 6.45) is 7.20. The van der Waals surface area contributed by atoms with Crippen molar-refractivity contribution >= 4 is 16.7 Å². The van der Waals surface area contributed by atoms with Crippen LogP contribution in [-0.4, -0.2) is 33.2 Å². The Labute approximate surface area is 147 Å². The minimum Gasteiger partial charge on any atom is -0.334 e. The van der Waals surface area contributed by atoms with Crippen molar-refractivity contribution in [3.8, 4) is 0 Å². The predicted molar refractivity (Wildman–Crippen MR) is 97.7 cm³/mol. The number of carbonyl (C=O) groups is 1. The largest absolute Gasteiger partial charge is 0.334 e. The minimum atomic E-state index is -0.122. The highest BCUT2D eigenvalue weighted by atomic mass is 16.2. The predicted octanol–water partition coefficient (Wildman–Crippen LogP) is 3.21. The second kappa shape index (κ2) is 6.62. The molecule has 1 aliphatic carbocycles. The van der Waals surface area contributed by atoms with Crippen molar-refractivity contribution in [1.82, 2.24) is 14.7 Å². The van der Waals surface area contributed by atoms with Crippen molar-refractivity contribution in [3.63, 3.8) is 0 Å². The van der Waals surface area contributed by atoms with Gasteiger partial charge in [-0.3, -0.25) is 9.59 Å². The van der Waals surface area contributed by atoms with Gasteiger partial charge in [-0.05, 0) is 44.6 Å². The summed E-state index contributed by atoms with van der Waals surface area (Å²) in [6, 6.07) is 7.69. The van der Waals surface area contributed by atoms with Crippen LogP contribution in [0.3, 0.4) is 0 Å². The van der Waals surface area contributed by atoms with E-state index in [2.05, 4.69) is 5.10 Å². The van der Waals surface area contributed by atoms with Crippen LogP contribution in [0.15, 0.2) is 29.1 Å². The third-order valence-electron chi connectivity index (χ3n) is 5.87. The van der Waals surface area contributed by atoms with Crippen molar-refractivity contribution in [2.75, 3.05) is 6.54 Å². The summed E-state index contributed by atoms with van der Waals surface area (Å²) >= 11 is 0. The molecule has 0 spiro atoms. The van der Waals surface area contributed by atoms with Crippen LogP contribution in [0.2, 0.25) is 0 Å². The first-order valence-corrected chi connectivity index (χ1v) is 9.51. The van der Waals surface area contributed by atoms with Crippen LogP contribution in [-0.2, 0) is 6.54 Å². The van der Waals surface area contributed by atoms with Crippen LogP contribution in [0.5, 0.6) is 0 Å². The molecule has 1 aromatic carbocycles. The number of hydrogen-bond donors (Lipinski definition) is 0. The molecule has 0 bridgehead atoms. The van der Waals surface area contributed by atoms with Gasteiger partial charge in [-0.25, -0.2) is 4.68 Å². The molecule has 1 saturated heterocycles. The van der Waals surface area contributed by atoms with E-state index in [4.69, 9.17) is 0 Å². The monoisotopic (exact) mass is 339 g/mol. The van der Waals surface area contributed by atoms with Crippen LogP contribution in [0.1, 0.15) is 55.9 Å². The molecular weight excluding hydrogens is 314 g/mol. The molecule has 1 saturated carbocycles. The number of likely N-dealkylation sites (tertiary alicyclic amines) is 1. The average molecular weight is 339 g/mol. The molecule has 1 unspecified atom stereocenters. The topological polar surface area (TPSA) is 55.2 Å². The Kier molecular flexibility index (Phi) is 4.32. The molecule has 5 nitrogen and oxygen atoms in total. The smallest absolute Gasteiger partial charge is 0.275 e. The van der Waals surface area contributed by atoms with E-state index in [9.17, 15) is 9.59 Å². The molecule has 1 amide bonds. The molecule has 5 heteroatoms. The quantitative estimate of drug-likeness (QED) is 0.863. The summed E-state index contributed by atoms with van der Waals surface area (Å²) in [5.74, 6) is 0.627. The average Bonchev–Trinajstić information content (AvgIpc) is 3.33. The molecule has 132 valence electrons. The van der Waals surface area contributed by atoms with E-state index in [0.29, 0.717) is 35.0 Å². The van der Waals surface area contributed by atoms with Crippen LogP contribution < -0.4 is 5.56 Å². The molecule has 25 heavy (non-hydrogen) atoms. The Morgan fingerprint density at radius 2 is 1.84 bits per heavy atom. The molecule has 2 heterocycles. The SMILES string of the molecule is CCn1nc(C(=O)N2CCCC2C2CCCC2)c2ccccc2c1=O. The van der Waals surface area contributed by atoms with E-state index in [0.717, 1.165) is 19.4 Å². The lowest BCUT2D eigenvalue weighted by molar-refractivity contribution is 0.0682. The van der Waals surface area contributed by atoms with Gasteiger partial charge in [-0.1, -0.05) is 31.0 Å². The van der Waals surface area contributed by atoms with Crippen LogP contribution in [0, 0.1) is 5.92 Å². The van der Waals surface area contributed by atoms with E-state index in [-0.39, 0.29) is 11.5 Å². The van der Waals surface area contributed by atoms with E-state index >= 15 is 0 Å². The van der Waals surface area contributed by atoms with E-state index in [1.165, 1.54) is 30.4 Å². The highest BCUT2D eigenvalue weighted by molar-refractivity contribution is 6.05. The number of aromatic nitrogens is 2. The molecule has 4 rings (SSSR count). The lowest BCUT2D eigenvalue weighted by Crippen LogP contribution is -2.40. The molecule has 2 fully saturated rings. The maximum absolute atomic E-state index is 13.4. The van der Waals surface area contributed by atoms with Crippen molar-refractivity contribution < 1.29 is 4.79 Å². The van der Waals surface area contributed by atoms with Gasteiger partial charge < -0.3 is 4.90 Å². The lowest BCUT2D eigenvalue weighted by Gasteiger charge is -2.29. The number of fused-ring (bicyclic) bond motifs is 1. The van der Waals surface area contributed by atoms with Crippen LogP contribution in [0.4, 0.5) is 0 Å². The van der Waals surface area contributed by atoms with Crippen LogP contribution in [0.25, 0.3) is 10.8 Å². The summed E-state index contributed by atoms with van der Waals surface area (Å²) < 4.78 is 1.41. The Hall–Kier alpha value is -2.17. The number of nitrogens with zero attached hydrogens (tertiary/aromatic N) is 3. The number of benzene rings is 1. The highest BCUT2D eigenvalue weighted by Crippen LogP contribution is 2.36. The number of rotatable bonds is 3. The second-order valence-electron chi connectivity index (χ2n) is 7.27. The minimum absolute atomic E-state index is 0.00667. The van der Waals surface area contributed by atoms with Crippen molar-refractivity contribution in [3.05, 3.63) is 40.3 Å². The molecule has 0 radical (unpaired) electrons. The first kappa shape index (κ1) is 16.3. The van der Waals surface area contributed by atoms with Gasteiger partial charge in [0.05, 0.1) is 5.39 Å². The number of aryl methyl sites for hydroxylation is 1. The van der Waals surface area contributed by atoms with Crippen molar-refractivity contribution in [2.45, 2.75) is 58.0 Å². The van der Waals surface area contributed by atoms with Gasteiger partial charge in [0.1, 0.15) is 0 Å². The molecular formula is C20H25N3O2. The van der Waals surface area contributed by atoms with Gasteiger partial charge in [0, 0.05) is 24.5 Å². The summed E-state index contributed by atoms with van der Waals surface area (Å²) in [5, 5.41) is 5.70. The van der Waals surface area contributed by atoms with Crippen LogP contribution >= 0.6 is 0 Å². The maximum Gasteiger partial charge on any atom is 0.275 e. The van der Waals surface area contributed by atoms with Crippen molar-refractivity contribution in [2.24, 2.45) is 5.92 Å². The van der Waals surface area contributed by atoms with E-state index in [1.54, 1.807) is 6.07 Å². The number of hydrogen-bond acceptors (Lipinski definition) is 3. The highest BCUT2D eigenvalue weighted by Gasteiger charge is 2.37. The van der Waals surface area contributed by atoms with E-state index < -0.39 is 0 Å². The molecule has 1 aromatic heterocycles. The lowest BCUT2D eigenvalue weighted by atomic mass is 9.95. The van der Waals surface area contributed by atoms with Gasteiger partial charge in [0.15, 0.2) is 5.69 Å². The molecule has 2 aliphatic rings. The standard InChI is InChI=1S/C20H25N3O2/c1-2-23-19(24)16-11-6-5-10-15(16)18(21-23)20(25)22-13-7-12-17(22)14-8-3-4-9-14/h5-6,10-11,14,17H,2-4,7-9,12-13H2,1H3. The molecule has 1 aliphatic heterocycles. The summed E-state index contributed by atoms with van der Waals surface area (Å²) in [4.78, 5) is 27.9. The molecule has 1 atom stereocenters. The van der Waals surface area contributed by atoms with Crippen molar-refractivity contribution in [1.29, 1.82) is 0 Å². The summed E-state index contributed by atoms with van der Waals surface area (Å²) in [5.41, 5.74) is 0.311. The fraction of sp³-hybridized carbons (Fsp3) is 0.550. The first-order chi connectivity index (χ1) is 12.2. The Bertz CT molecular complexity index is 852. The zero-order valence-electron chi connectivity index (χ0n) is 14.8. The Balaban J connectivity index is 1.77. The zero-order chi connectivity index (χ0) is 17.4. The van der Waals surface area contributed by atoms with E-state index in [1.807, 2.05) is 30.0 Å². The van der Waals surface area contributed by atoms with Gasteiger partial charge in [0.25, 0.3) is 11.5 Å².